The summed E-state index contributed by atoms with van der Waals surface area (Å²) >= 11 is 3.21. The summed E-state index contributed by atoms with van der Waals surface area (Å²) in [5, 5.41) is 26.2. The highest BCUT2D eigenvalue weighted by Gasteiger charge is 2.32. The molecule has 0 radical (unpaired) electrons. The Morgan fingerprint density at radius 2 is 2.08 bits per heavy atom. The molecule has 25 heavy (non-hydrogen) atoms. The fraction of sp³-hybridized carbons (Fsp3) is 0.500. The van der Waals surface area contributed by atoms with Gasteiger partial charge in [-0.15, -0.1) is 16.4 Å². The van der Waals surface area contributed by atoms with Crippen LogP contribution in [-0.4, -0.2) is 73.9 Å². The molecule has 1 aliphatic heterocycles. The standard InChI is InChI=1S/C16H21N5O2S2/c1-11-17-16-21(18-11)15(23)14(25-16)13(12-3-2-10-24-12)20-6-4-19(5-7-20)8-9-22/h2-3,10,13,22-23H,4-9H2,1H3/t13-/m0/s1. The molecule has 1 atom stereocenters. The number of aliphatic hydroxyl groups excluding tert-OH is 1. The summed E-state index contributed by atoms with van der Waals surface area (Å²) in [5.41, 5.74) is 0. The number of thiophene rings is 1. The van der Waals surface area contributed by atoms with Crippen LogP contribution < -0.4 is 0 Å². The Hall–Kier alpha value is -1.52. The Morgan fingerprint density at radius 1 is 1.28 bits per heavy atom. The number of β-amino-alcohol motifs (C(OH)–C–C–N with tert-alkyl or cyclic N) is 1. The van der Waals surface area contributed by atoms with Gasteiger partial charge in [0.1, 0.15) is 5.82 Å². The largest absolute Gasteiger partial charge is 0.492 e. The van der Waals surface area contributed by atoms with Crippen LogP contribution in [0.4, 0.5) is 0 Å². The summed E-state index contributed by atoms with van der Waals surface area (Å²) in [4.78, 5) is 11.9. The molecule has 4 heterocycles. The maximum Gasteiger partial charge on any atom is 0.230 e. The van der Waals surface area contributed by atoms with E-state index in [1.807, 2.05) is 13.0 Å². The van der Waals surface area contributed by atoms with Gasteiger partial charge in [0.05, 0.1) is 17.5 Å². The first-order valence-corrected chi connectivity index (χ1v) is 10.0. The summed E-state index contributed by atoms with van der Waals surface area (Å²) in [6.07, 6.45) is 0. The van der Waals surface area contributed by atoms with Crippen LogP contribution in [0.2, 0.25) is 0 Å². The monoisotopic (exact) mass is 379 g/mol. The normalized spacial score (nSPS) is 18.2. The highest BCUT2D eigenvalue weighted by molar-refractivity contribution is 7.17. The Labute approximate surface area is 153 Å². The molecule has 4 rings (SSSR count). The van der Waals surface area contributed by atoms with Gasteiger partial charge in [0.25, 0.3) is 0 Å². The lowest BCUT2D eigenvalue weighted by atomic mass is 10.1. The van der Waals surface area contributed by atoms with Gasteiger partial charge >= 0.3 is 0 Å². The number of aryl methyl sites for hydroxylation is 1. The van der Waals surface area contributed by atoms with Gasteiger partial charge in [-0.25, -0.2) is 4.98 Å². The Morgan fingerprint density at radius 3 is 2.72 bits per heavy atom. The van der Waals surface area contributed by atoms with Crippen molar-refractivity contribution >= 4 is 27.6 Å². The molecule has 0 spiro atoms. The Kier molecular flexibility index (Phi) is 4.74. The van der Waals surface area contributed by atoms with Crippen LogP contribution in [0.25, 0.3) is 4.96 Å². The van der Waals surface area contributed by atoms with E-state index in [1.54, 1.807) is 11.3 Å². The average Bonchev–Trinajstić information content (AvgIpc) is 3.30. The third-order valence-corrected chi connectivity index (χ3v) is 6.55. The van der Waals surface area contributed by atoms with Crippen molar-refractivity contribution in [2.75, 3.05) is 39.3 Å². The molecule has 0 bridgehead atoms. The molecular formula is C16H21N5O2S2. The number of rotatable bonds is 5. The number of thiazole rings is 1. The topological polar surface area (TPSA) is 77.1 Å². The van der Waals surface area contributed by atoms with Crippen LogP contribution in [0.5, 0.6) is 5.88 Å². The van der Waals surface area contributed by atoms with Gasteiger partial charge in [-0.05, 0) is 18.4 Å². The average molecular weight is 380 g/mol. The second-order valence-corrected chi connectivity index (χ2v) is 8.15. The lowest BCUT2D eigenvalue weighted by Gasteiger charge is -2.38. The van der Waals surface area contributed by atoms with Crippen molar-refractivity contribution in [3.05, 3.63) is 33.1 Å². The van der Waals surface area contributed by atoms with Crippen molar-refractivity contribution in [2.24, 2.45) is 0 Å². The number of fused-ring (bicyclic) bond motifs is 1. The fourth-order valence-corrected chi connectivity index (χ4v) is 5.43. The van der Waals surface area contributed by atoms with Crippen LogP contribution in [0.3, 0.4) is 0 Å². The SMILES string of the molecule is Cc1nc2sc([C@H](c3cccs3)N3CCN(CCO)CC3)c(O)n2n1. The molecule has 9 heteroatoms. The third kappa shape index (κ3) is 3.18. The van der Waals surface area contributed by atoms with Crippen molar-refractivity contribution in [2.45, 2.75) is 13.0 Å². The lowest BCUT2D eigenvalue weighted by Crippen LogP contribution is -2.48. The highest BCUT2D eigenvalue weighted by atomic mass is 32.1. The van der Waals surface area contributed by atoms with Crippen molar-refractivity contribution in [1.29, 1.82) is 0 Å². The van der Waals surface area contributed by atoms with Gasteiger partial charge in [-0.2, -0.15) is 4.52 Å². The molecule has 3 aromatic rings. The maximum absolute atomic E-state index is 10.7. The van der Waals surface area contributed by atoms with E-state index in [0.717, 1.165) is 42.6 Å². The lowest BCUT2D eigenvalue weighted by molar-refractivity contribution is 0.0954. The number of aromatic nitrogens is 3. The van der Waals surface area contributed by atoms with Crippen molar-refractivity contribution in [3.63, 3.8) is 0 Å². The summed E-state index contributed by atoms with van der Waals surface area (Å²) in [5.74, 6) is 0.857. The zero-order chi connectivity index (χ0) is 17.4. The van der Waals surface area contributed by atoms with E-state index in [9.17, 15) is 5.11 Å². The second-order valence-electron chi connectivity index (χ2n) is 6.16. The van der Waals surface area contributed by atoms with Crippen LogP contribution in [0.15, 0.2) is 17.5 Å². The number of hydrogen-bond donors (Lipinski definition) is 2. The van der Waals surface area contributed by atoms with Crippen molar-refractivity contribution < 1.29 is 10.2 Å². The molecule has 134 valence electrons. The molecular weight excluding hydrogens is 358 g/mol. The van der Waals surface area contributed by atoms with E-state index in [-0.39, 0.29) is 18.5 Å². The predicted molar refractivity (Wildman–Crippen MR) is 98.5 cm³/mol. The first-order chi connectivity index (χ1) is 12.2. The van der Waals surface area contributed by atoms with Crippen molar-refractivity contribution in [3.8, 4) is 5.88 Å². The third-order valence-electron chi connectivity index (χ3n) is 4.55. The Balaban J connectivity index is 1.67. The van der Waals surface area contributed by atoms with Gasteiger partial charge in [-0.1, -0.05) is 17.4 Å². The van der Waals surface area contributed by atoms with Crippen LogP contribution in [0.1, 0.15) is 21.6 Å². The van der Waals surface area contributed by atoms with Gasteiger partial charge in [-0.3, -0.25) is 9.80 Å². The molecule has 0 unspecified atom stereocenters. The molecule has 0 aromatic carbocycles. The molecule has 2 N–H and O–H groups in total. The molecule has 1 fully saturated rings. The van der Waals surface area contributed by atoms with Crippen LogP contribution >= 0.6 is 22.7 Å². The number of piperazine rings is 1. The van der Waals surface area contributed by atoms with Gasteiger partial charge in [0.15, 0.2) is 0 Å². The number of aromatic hydroxyl groups is 1. The molecule has 0 amide bonds. The first kappa shape index (κ1) is 16.9. The maximum atomic E-state index is 10.7. The summed E-state index contributed by atoms with van der Waals surface area (Å²) in [7, 11) is 0. The van der Waals surface area contributed by atoms with E-state index in [0.29, 0.717) is 5.82 Å². The van der Waals surface area contributed by atoms with Crippen LogP contribution in [0, 0.1) is 6.92 Å². The van der Waals surface area contributed by atoms with E-state index < -0.39 is 0 Å². The van der Waals surface area contributed by atoms with Crippen LogP contribution in [-0.2, 0) is 0 Å². The van der Waals surface area contributed by atoms with E-state index in [2.05, 4.69) is 31.3 Å². The fourth-order valence-electron chi connectivity index (χ4n) is 3.33. The zero-order valence-electron chi connectivity index (χ0n) is 14.0. The Bertz CT molecular complexity index is 836. The van der Waals surface area contributed by atoms with E-state index >= 15 is 0 Å². The van der Waals surface area contributed by atoms with E-state index in [4.69, 9.17) is 5.11 Å². The molecule has 0 saturated carbocycles. The second kappa shape index (κ2) is 7.00. The number of aliphatic hydroxyl groups is 1. The molecule has 0 aliphatic carbocycles. The summed E-state index contributed by atoms with van der Waals surface area (Å²) in [6, 6.07) is 4.19. The smallest absolute Gasteiger partial charge is 0.230 e. The minimum atomic E-state index is 0.0186. The predicted octanol–water partition coefficient (Wildman–Crippen LogP) is 1.57. The zero-order valence-corrected chi connectivity index (χ0v) is 15.6. The first-order valence-electron chi connectivity index (χ1n) is 8.33. The number of nitrogens with zero attached hydrogens (tertiary/aromatic N) is 5. The number of hydrogen-bond acceptors (Lipinski definition) is 8. The summed E-state index contributed by atoms with van der Waals surface area (Å²) in [6.45, 7) is 6.38. The summed E-state index contributed by atoms with van der Waals surface area (Å²) < 4.78 is 1.54. The minimum Gasteiger partial charge on any atom is -0.492 e. The van der Waals surface area contributed by atoms with Gasteiger partial charge in [0.2, 0.25) is 10.8 Å². The molecule has 1 aliphatic rings. The van der Waals surface area contributed by atoms with Crippen molar-refractivity contribution in [1.82, 2.24) is 24.4 Å². The molecule has 3 aromatic heterocycles. The van der Waals surface area contributed by atoms with Gasteiger partial charge in [0, 0.05) is 37.6 Å². The van der Waals surface area contributed by atoms with E-state index in [1.165, 1.54) is 20.7 Å². The van der Waals surface area contributed by atoms with Gasteiger partial charge < -0.3 is 10.2 Å². The molecule has 1 saturated heterocycles. The minimum absolute atomic E-state index is 0.0186. The highest BCUT2D eigenvalue weighted by Crippen LogP contribution is 2.41. The quantitative estimate of drug-likeness (QED) is 0.701. The molecule has 7 nitrogen and oxygen atoms in total.